The lowest BCUT2D eigenvalue weighted by Crippen LogP contribution is -2.45. The van der Waals surface area contributed by atoms with Gasteiger partial charge in [0.2, 0.25) is 0 Å². The van der Waals surface area contributed by atoms with Gasteiger partial charge in [0.25, 0.3) is 5.91 Å². The van der Waals surface area contributed by atoms with Crippen LogP contribution < -0.4 is 5.32 Å². The Hall–Kier alpha value is -4.19. The summed E-state index contributed by atoms with van der Waals surface area (Å²) >= 11 is 0. The zero-order valence-electron chi connectivity index (χ0n) is 18.6. The third-order valence-corrected chi connectivity index (χ3v) is 6.84. The van der Waals surface area contributed by atoms with E-state index in [1.165, 1.54) is 10.6 Å². The van der Waals surface area contributed by atoms with Gasteiger partial charge in [0, 0.05) is 5.69 Å². The largest absolute Gasteiger partial charge is 0.325 e. The highest BCUT2D eigenvalue weighted by Crippen LogP contribution is 2.37. The summed E-state index contributed by atoms with van der Waals surface area (Å²) in [6.07, 6.45) is 2.89. The first-order chi connectivity index (χ1) is 16.7. The average molecular weight is 449 g/mol. The SMILES string of the molecule is O=C1NC(c2ccccc2)(c2ccccc2)C(=O)N1Cc1nn(-c2ccccc2)c2c1CCC2. The van der Waals surface area contributed by atoms with Crippen LogP contribution in [0.3, 0.4) is 0 Å². The summed E-state index contributed by atoms with van der Waals surface area (Å²) < 4.78 is 1.97. The van der Waals surface area contributed by atoms with E-state index in [1.54, 1.807) is 0 Å². The maximum Gasteiger partial charge on any atom is 0.325 e. The van der Waals surface area contributed by atoms with Gasteiger partial charge >= 0.3 is 6.03 Å². The van der Waals surface area contributed by atoms with Crippen LogP contribution >= 0.6 is 0 Å². The van der Waals surface area contributed by atoms with Crippen LogP contribution in [0.4, 0.5) is 4.79 Å². The van der Waals surface area contributed by atoms with Crippen LogP contribution in [-0.4, -0.2) is 26.6 Å². The first-order valence-corrected chi connectivity index (χ1v) is 11.6. The Balaban J connectivity index is 1.41. The topological polar surface area (TPSA) is 67.2 Å². The Morgan fingerprint density at radius 1 is 0.794 bits per heavy atom. The monoisotopic (exact) mass is 448 g/mol. The van der Waals surface area contributed by atoms with Crippen molar-refractivity contribution in [3.05, 3.63) is 119 Å². The second kappa shape index (κ2) is 7.99. The van der Waals surface area contributed by atoms with Crippen molar-refractivity contribution in [3.63, 3.8) is 0 Å². The van der Waals surface area contributed by atoms with Gasteiger partial charge in [-0.1, -0.05) is 78.9 Å². The van der Waals surface area contributed by atoms with Crippen molar-refractivity contribution in [2.45, 2.75) is 31.3 Å². The van der Waals surface area contributed by atoms with E-state index >= 15 is 0 Å². The summed E-state index contributed by atoms with van der Waals surface area (Å²) in [5.74, 6) is -0.282. The zero-order valence-corrected chi connectivity index (χ0v) is 18.6. The van der Waals surface area contributed by atoms with E-state index in [9.17, 15) is 9.59 Å². The predicted molar refractivity (Wildman–Crippen MR) is 128 cm³/mol. The van der Waals surface area contributed by atoms with Crippen LogP contribution in [0.5, 0.6) is 0 Å². The number of para-hydroxylation sites is 1. The van der Waals surface area contributed by atoms with Gasteiger partial charge in [-0.25, -0.2) is 9.48 Å². The molecule has 6 heteroatoms. The molecule has 4 aromatic rings. The van der Waals surface area contributed by atoms with Crippen molar-refractivity contribution in [2.24, 2.45) is 0 Å². The minimum atomic E-state index is -1.26. The molecule has 0 bridgehead atoms. The number of carbonyl (C=O) groups excluding carboxylic acids is 2. The standard InChI is InChI=1S/C28H24N4O2/c33-26-28(20-11-4-1-5-12-20,21-13-6-2-7-14-21)29-27(34)31(26)19-24-23-17-10-18-25(23)32(30-24)22-15-8-3-9-16-22/h1-9,11-16H,10,17-19H2,(H,29,34). The summed E-state index contributed by atoms with van der Waals surface area (Å²) in [6, 6.07) is 28.5. The molecule has 1 aliphatic carbocycles. The Labute approximate surface area is 197 Å². The number of amides is 3. The minimum absolute atomic E-state index is 0.147. The fourth-order valence-electron chi connectivity index (χ4n) is 5.23. The summed E-state index contributed by atoms with van der Waals surface area (Å²) in [5, 5.41) is 7.90. The normalized spacial score (nSPS) is 16.5. The number of imide groups is 1. The number of urea groups is 1. The lowest BCUT2D eigenvalue weighted by atomic mass is 9.82. The second-order valence-corrected chi connectivity index (χ2v) is 8.78. The molecule has 0 unspecified atom stereocenters. The Bertz CT molecular complexity index is 1320. The molecular formula is C28H24N4O2. The molecule has 3 amide bonds. The van der Waals surface area contributed by atoms with Crippen molar-refractivity contribution in [3.8, 4) is 5.69 Å². The molecule has 6 rings (SSSR count). The number of aromatic nitrogens is 2. The molecule has 1 fully saturated rings. The van der Waals surface area contributed by atoms with Gasteiger partial charge in [-0.05, 0) is 48.1 Å². The molecular weight excluding hydrogens is 424 g/mol. The van der Waals surface area contributed by atoms with Crippen molar-refractivity contribution in [1.29, 1.82) is 0 Å². The molecule has 6 nitrogen and oxygen atoms in total. The van der Waals surface area contributed by atoms with E-state index in [1.807, 2.05) is 95.7 Å². The van der Waals surface area contributed by atoms with Gasteiger partial charge in [-0.15, -0.1) is 0 Å². The third-order valence-electron chi connectivity index (χ3n) is 6.84. The summed E-state index contributed by atoms with van der Waals surface area (Å²) in [5.41, 5.74) is 4.32. The average Bonchev–Trinajstić information content (AvgIpc) is 3.56. The van der Waals surface area contributed by atoms with Gasteiger partial charge in [0.1, 0.15) is 0 Å². The van der Waals surface area contributed by atoms with Crippen LogP contribution in [0.2, 0.25) is 0 Å². The molecule has 0 saturated carbocycles. The van der Waals surface area contributed by atoms with E-state index in [2.05, 4.69) is 5.32 Å². The number of fused-ring (bicyclic) bond motifs is 1. The van der Waals surface area contributed by atoms with E-state index < -0.39 is 11.6 Å². The highest BCUT2D eigenvalue weighted by molar-refractivity contribution is 6.09. The Morgan fingerprint density at radius 3 is 2.00 bits per heavy atom. The van der Waals surface area contributed by atoms with Gasteiger partial charge in [0.15, 0.2) is 5.54 Å². The molecule has 0 spiro atoms. The van der Waals surface area contributed by atoms with Crippen LogP contribution in [-0.2, 0) is 29.7 Å². The minimum Gasteiger partial charge on any atom is -0.315 e. The van der Waals surface area contributed by atoms with Crippen LogP contribution in [0.25, 0.3) is 5.69 Å². The van der Waals surface area contributed by atoms with Gasteiger partial charge in [0.05, 0.1) is 17.9 Å². The zero-order chi connectivity index (χ0) is 23.1. The van der Waals surface area contributed by atoms with Crippen LogP contribution in [0, 0.1) is 0 Å². The quantitative estimate of drug-likeness (QED) is 0.462. The number of hydrogen-bond acceptors (Lipinski definition) is 3. The molecule has 3 aromatic carbocycles. The van der Waals surface area contributed by atoms with E-state index in [0.29, 0.717) is 0 Å². The summed E-state index contributed by atoms with van der Waals surface area (Å²) in [7, 11) is 0. The first kappa shape index (κ1) is 20.4. The molecule has 2 heterocycles. The number of nitrogens with zero attached hydrogens (tertiary/aromatic N) is 3. The fourth-order valence-corrected chi connectivity index (χ4v) is 5.23. The lowest BCUT2D eigenvalue weighted by Gasteiger charge is -2.28. The molecule has 0 radical (unpaired) electrons. The highest BCUT2D eigenvalue weighted by atomic mass is 16.2. The second-order valence-electron chi connectivity index (χ2n) is 8.78. The van der Waals surface area contributed by atoms with Crippen molar-refractivity contribution >= 4 is 11.9 Å². The predicted octanol–water partition coefficient (Wildman–Crippen LogP) is 4.36. The Kier molecular flexibility index (Phi) is 4.80. The highest BCUT2D eigenvalue weighted by Gasteiger charge is 2.53. The van der Waals surface area contributed by atoms with E-state index in [4.69, 9.17) is 5.10 Å². The van der Waals surface area contributed by atoms with Gasteiger partial charge in [-0.3, -0.25) is 9.69 Å². The molecule has 0 atom stereocenters. The first-order valence-electron chi connectivity index (χ1n) is 11.6. The van der Waals surface area contributed by atoms with E-state index in [-0.39, 0.29) is 12.5 Å². The number of hydrogen-bond donors (Lipinski definition) is 1. The van der Waals surface area contributed by atoms with Crippen molar-refractivity contribution < 1.29 is 9.59 Å². The van der Waals surface area contributed by atoms with Crippen molar-refractivity contribution in [1.82, 2.24) is 20.0 Å². The van der Waals surface area contributed by atoms with Gasteiger partial charge in [-0.2, -0.15) is 5.10 Å². The van der Waals surface area contributed by atoms with Gasteiger partial charge < -0.3 is 5.32 Å². The molecule has 1 N–H and O–H groups in total. The third kappa shape index (κ3) is 3.06. The smallest absolute Gasteiger partial charge is 0.315 e. The maximum atomic E-state index is 14.0. The molecule has 1 saturated heterocycles. The number of rotatable bonds is 5. The molecule has 1 aromatic heterocycles. The number of nitrogens with one attached hydrogen (secondary N) is 1. The lowest BCUT2D eigenvalue weighted by molar-refractivity contribution is -0.130. The summed E-state index contributed by atoms with van der Waals surface area (Å²) in [6.45, 7) is 0.147. The molecule has 168 valence electrons. The van der Waals surface area contributed by atoms with Crippen molar-refractivity contribution in [2.75, 3.05) is 0 Å². The van der Waals surface area contributed by atoms with E-state index in [0.717, 1.165) is 47.3 Å². The number of carbonyl (C=O) groups is 2. The summed E-state index contributed by atoms with van der Waals surface area (Å²) in [4.78, 5) is 28.6. The number of benzene rings is 3. The molecule has 2 aliphatic rings. The molecule has 1 aliphatic heterocycles. The van der Waals surface area contributed by atoms with Crippen LogP contribution in [0.1, 0.15) is 34.5 Å². The Morgan fingerprint density at radius 2 is 1.38 bits per heavy atom. The fraction of sp³-hybridized carbons (Fsp3) is 0.179. The molecule has 34 heavy (non-hydrogen) atoms. The maximum absolute atomic E-state index is 14.0. The van der Waals surface area contributed by atoms with Crippen LogP contribution in [0.15, 0.2) is 91.0 Å².